The van der Waals surface area contributed by atoms with Crippen molar-refractivity contribution >= 4 is 39.3 Å². The van der Waals surface area contributed by atoms with Crippen molar-refractivity contribution < 1.29 is 27.1 Å². The Hall–Kier alpha value is -3.51. The first-order valence-corrected chi connectivity index (χ1v) is 16.7. The van der Waals surface area contributed by atoms with Gasteiger partial charge in [0.25, 0.3) is 0 Å². The molecular formula is C33H40ClFN4O5S. The van der Waals surface area contributed by atoms with Crippen LogP contribution < -0.4 is 16.0 Å². The lowest BCUT2D eigenvalue weighted by Crippen LogP contribution is -2.58. The highest BCUT2D eigenvalue weighted by atomic mass is 35.5. The maximum absolute atomic E-state index is 15.4. The lowest BCUT2D eigenvalue weighted by Gasteiger charge is -2.40. The van der Waals surface area contributed by atoms with Gasteiger partial charge in [0.15, 0.2) is 0 Å². The Balaban J connectivity index is 1.61. The van der Waals surface area contributed by atoms with E-state index in [1.165, 1.54) is 23.5 Å². The van der Waals surface area contributed by atoms with Crippen LogP contribution in [0.25, 0.3) is 0 Å². The molecule has 1 saturated heterocycles. The molecule has 9 nitrogen and oxygen atoms in total. The maximum Gasteiger partial charge on any atom is 0.407 e. The number of piperazine rings is 1. The van der Waals surface area contributed by atoms with Gasteiger partial charge in [-0.25, -0.2) is 17.6 Å². The summed E-state index contributed by atoms with van der Waals surface area (Å²) in [6.07, 6.45) is -0.339. The molecule has 0 saturated carbocycles. The number of nitrogens with zero attached hydrogens (tertiary/aromatic N) is 1. The van der Waals surface area contributed by atoms with Crippen LogP contribution in [-0.4, -0.2) is 63.0 Å². The van der Waals surface area contributed by atoms with Gasteiger partial charge < -0.3 is 20.7 Å². The first-order chi connectivity index (χ1) is 21.4. The summed E-state index contributed by atoms with van der Waals surface area (Å²) in [5.74, 6) is -1.70. The third-order valence-corrected chi connectivity index (χ3v) is 10.4. The maximum atomic E-state index is 15.4. The Labute approximate surface area is 269 Å². The summed E-state index contributed by atoms with van der Waals surface area (Å²) >= 11 is 6.26. The van der Waals surface area contributed by atoms with E-state index < -0.39 is 45.8 Å². The van der Waals surface area contributed by atoms with Crippen molar-refractivity contribution in [2.24, 2.45) is 5.92 Å². The smallest absolute Gasteiger partial charge is 0.407 e. The second-order valence-corrected chi connectivity index (χ2v) is 13.8. The van der Waals surface area contributed by atoms with Crippen molar-refractivity contribution in [1.29, 1.82) is 0 Å². The van der Waals surface area contributed by atoms with E-state index in [4.69, 9.17) is 16.3 Å². The number of benzene rings is 3. The normalized spacial score (nSPS) is 18.6. The number of rotatable bonds is 11. The average molecular weight is 659 g/mol. The minimum absolute atomic E-state index is 0.110. The summed E-state index contributed by atoms with van der Waals surface area (Å²) in [6.45, 7) is 6.57. The van der Waals surface area contributed by atoms with Gasteiger partial charge in [-0.1, -0.05) is 61.8 Å². The van der Waals surface area contributed by atoms with E-state index >= 15 is 4.39 Å². The predicted octanol–water partition coefficient (Wildman–Crippen LogP) is 5.57. The first kappa shape index (κ1) is 34.4. The number of sulfonamides is 1. The van der Waals surface area contributed by atoms with Crippen molar-refractivity contribution in [3.8, 4) is 0 Å². The zero-order chi connectivity index (χ0) is 32.7. The molecule has 12 heteroatoms. The lowest BCUT2D eigenvalue weighted by molar-refractivity contribution is -0.118. The molecule has 4 rings (SSSR count). The zero-order valence-corrected chi connectivity index (χ0v) is 27.4. The summed E-state index contributed by atoms with van der Waals surface area (Å²) in [4.78, 5) is 26.5. The molecule has 242 valence electrons. The number of halogens is 2. The summed E-state index contributed by atoms with van der Waals surface area (Å²) in [7, 11) is -2.60. The summed E-state index contributed by atoms with van der Waals surface area (Å²) in [5.41, 5.74) is 1.22. The van der Waals surface area contributed by atoms with E-state index in [2.05, 4.69) is 16.0 Å². The first-order valence-electron chi connectivity index (χ1n) is 14.9. The number of amides is 2. The Kier molecular flexibility index (Phi) is 11.6. The van der Waals surface area contributed by atoms with E-state index in [1.807, 2.05) is 26.8 Å². The standard InChI is InChI=1S/C33H40ClFN4O5S/c1-21(2)30(23-10-8-11-24(34)18-23)31(38-33(41)44-4)32(40)37-29-15-9-14-28(35)27(29)17-16-25-20-36-19-22(3)39(25)45(42,43)26-12-6-5-7-13-26/h5-15,18,21-22,25,30-31,36H,16-17,19-20H2,1-4H3,(H,37,40)(H,38,41)/t22-,25+,30-,31+/m1/s1. The molecule has 0 bridgehead atoms. The van der Waals surface area contributed by atoms with Crippen LogP contribution in [0.4, 0.5) is 14.9 Å². The average Bonchev–Trinajstić information content (AvgIpc) is 3.00. The molecule has 1 aliphatic heterocycles. The number of ether oxygens (including phenoxy) is 1. The minimum Gasteiger partial charge on any atom is -0.453 e. The molecule has 2 amide bonds. The summed E-state index contributed by atoms with van der Waals surface area (Å²) in [6, 6.07) is 17.9. The molecule has 3 N–H and O–H groups in total. The van der Waals surface area contributed by atoms with Gasteiger partial charge in [0.1, 0.15) is 11.9 Å². The third-order valence-electron chi connectivity index (χ3n) is 8.09. The van der Waals surface area contributed by atoms with Crippen LogP contribution in [0.5, 0.6) is 0 Å². The number of alkyl carbamates (subject to hydrolysis) is 1. The van der Waals surface area contributed by atoms with Gasteiger partial charge >= 0.3 is 6.09 Å². The van der Waals surface area contributed by atoms with Crippen LogP contribution in [0.15, 0.2) is 77.7 Å². The Morgan fingerprint density at radius 1 is 1.07 bits per heavy atom. The quantitative estimate of drug-likeness (QED) is 0.248. The monoisotopic (exact) mass is 658 g/mol. The van der Waals surface area contributed by atoms with E-state index in [1.54, 1.807) is 54.6 Å². The molecule has 0 aliphatic carbocycles. The van der Waals surface area contributed by atoms with Gasteiger partial charge in [-0.2, -0.15) is 4.31 Å². The molecule has 1 heterocycles. The fourth-order valence-corrected chi connectivity index (χ4v) is 8.07. The number of nitrogens with one attached hydrogen (secondary N) is 3. The molecular weight excluding hydrogens is 619 g/mol. The molecule has 0 spiro atoms. The third kappa shape index (κ3) is 8.21. The van der Waals surface area contributed by atoms with Crippen LogP contribution in [0.1, 0.15) is 44.2 Å². The van der Waals surface area contributed by atoms with Crippen molar-refractivity contribution in [1.82, 2.24) is 14.9 Å². The van der Waals surface area contributed by atoms with Crippen LogP contribution in [0, 0.1) is 11.7 Å². The van der Waals surface area contributed by atoms with Gasteiger partial charge in [0.2, 0.25) is 15.9 Å². The van der Waals surface area contributed by atoms with Crippen molar-refractivity contribution in [2.75, 3.05) is 25.5 Å². The molecule has 0 aromatic heterocycles. The van der Waals surface area contributed by atoms with Gasteiger partial charge in [-0.05, 0) is 67.6 Å². The molecule has 0 unspecified atom stereocenters. The molecule has 3 aromatic carbocycles. The van der Waals surface area contributed by atoms with E-state index in [-0.39, 0.29) is 34.5 Å². The van der Waals surface area contributed by atoms with E-state index in [0.717, 1.165) is 5.56 Å². The van der Waals surface area contributed by atoms with Gasteiger partial charge in [0.05, 0.1) is 12.0 Å². The minimum atomic E-state index is -3.81. The fourth-order valence-electron chi connectivity index (χ4n) is 6.01. The van der Waals surface area contributed by atoms with Crippen molar-refractivity contribution in [3.05, 3.63) is 94.8 Å². The molecule has 1 fully saturated rings. The fraction of sp³-hybridized carbons (Fsp3) is 0.394. The summed E-state index contributed by atoms with van der Waals surface area (Å²) in [5, 5.41) is 9.26. The van der Waals surface area contributed by atoms with Crippen LogP contribution >= 0.6 is 11.6 Å². The topological polar surface area (TPSA) is 117 Å². The highest BCUT2D eigenvalue weighted by Crippen LogP contribution is 2.32. The van der Waals surface area contributed by atoms with Gasteiger partial charge in [0, 0.05) is 47.4 Å². The second-order valence-electron chi connectivity index (χ2n) is 11.5. The molecule has 1 aliphatic rings. The molecule has 0 radical (unpaired) electrons. The molecule has 3 aromatic rings. The number of carbonyl (C=O) groups is 2. The highest BCUT2D eigenvalue weighted by Gasteiger charge is 2.38. The molecule has 45 heavy (non-hydrogen) atoms. The number of carbonyl (C=O) groups excluding carboxylic acids is 2. The highest BCUT2D eigenvalue weighted by molar-refractivity contribution is 7.89. The van der Waals surface area contributed by atoms with E-state index in [0.29, 0.717) is 24.5 Å². The van der Waals surface area contributed by atoms with Crippen LogP contribution in [0.3, 0.4) is 0 Å². The number of hydrogen-bond donors (Lipinski definition) is 3. The van der Waals surface area contributed by atoms with Crippen LogP contribution in [0.2, 0.25) is 5.02 Å². The number of hydrogen-bond acceptors (Lipinski definition) is 6. The second kappa shape index (κ2) is 15.2. The van der Waals surface area contributed by atoms with E-state index in [9.17, 15) is 18.0 Å². The van der Waals surface area contributed by atoms with Crippen LogP contribution in [-0.2, 0) is 26.0 Å². The lowest BCUT2D eigenvalue weighted by atomic mass is 9.82. The predicted molar refractivity (Wildman–Crippen MR) is 173 cm³/mol. The number of anilines is 1. The zero-order valence-electron chi connectivity index (χ0n) is 25.8. The van der Waals surface area contributed by atoms with Crippen molar-refractivity contribution in [3.63, 3.8) is 0 Å². The largest absolute Gasteiger partial charge is 0.453 e. The van der Waals surface area contributed by atoms with Gasteiger partial charge in [-0.15, -0.1) is 0 Å². The Bertz CT molecular complexity index is 1590. The number of methoxy groups -OCH3 is 1. The Morgan fingerprint density at radius 3 is 2.44 bits per heavy atom. The van der Waals surface area contributed by atoms with Gasteiger partial charge in [-0.3, -0.25) is 4.79 Å². The van der Waals surface area contributed by atoms with Crippen molar-refractivity contribution in [2.45, 2.75) is 62.6 Å². The summed E-state index contributed by atoms with van der Waals surface area (Å²) < 4.78 is 49.0. The Morgan fingerprint density at radius 2 is 1.78 bits per heavy atom. The molecule has 4 atom stereocenters. The SMILES string of the molecule is COC(=O)N[C@H](C(=O)Nc1cccc(F)c1CC[C@H]1CNC[C@@H](C)N1S(=O)(=O)c1ccccc1)[C@@H](c1cccc(Cl)c1)C(C)C.